The van der Waals surface area contributed by atoms with Crippen LogP contribution in [0.2, 0.25) is 5.02 Å². The van der Waals surface area contributed by atoms with Crippen LogP contribution in [0.4, 0.5) is 0 Å². The minimum absolute atomic E-state index is 0.0417. The Morgan fingerprint density at radius 1 is 1.43 bits per heavy atom. The van der Waals surface area contributed by atoms with E-state index in [1.807, 2.05) is 11.8 Å². The topological polar surface area (TPSA) is 33.2 Å². The molecule has 0 N–H and O–H groups in total. The van der Waals surface area contributed by atoms with Crippen LogP contribution in [0.1, 0.15) is 62.0 Å². The third-order valence-electron chi connectivity index (χ3n) is 4.19. The van der Waals surface area contributed by atoms with Crippen molar-refractivity contribution in [2.45, 2.75) is 58.9 Å². The van der Waals surface area contributed by atoms with E-state index in [0.717, 1.165) is 31.5 Å². The first-order chi connectivity index (χ1) is 9.99. The standard InChI is InChI=1S/C17H25ClN2O/c1-12(2)8-9-20(14-6-4-5-7-14)17(21)15-11-19-13(3)10-16(15)18/h10-12,14H,4-9H2,1-3H3. The van der Waals surface area contributed by atoms with E-state index in [1.165, 1.54) is 12.8 Å². The first-order valence-corrected chi connectivity index (χ1v) is 8.30. The number of nitrogens with zero attached hydrogens (tertiary/aromatic N) is 2. The smallest absolute Gasteiger partial charge is 0.257 e. The second-order valence-electron chi connectivity index (χ2n) is 6.42. The summed E-state index contributed by atoms with van der Waals surface area (Å²) in [5, 5.41) is 0.514. The number of halogens is 1. The van der Waals surface area contributed by atoms with Gasteiger partial charge in [-0.3, -0.25) is 9.78 Å². The molecule has 116 valence electrons. The summed E-state index contributed by atoms with van der Waals surface area (Å²) in [5.74, 6) is 0.633. The zero-order chi connectivity index (χ0) is 15.4. The number of amides is 1. The molecule has 0 unspecified atom stereocenters. The van der Waals surface area contributed by atoms with Gasteiger partial charge in [0.2, 0.25) is 0 Å². The highest BCUT2D eigenvalue weighted by Crippen LogP contribution is 2.27. The van der Waals surface area contributed by atoms with Gasteiger partial charge >= 0.3 is 0 Å². The summed E-state index contributed by atoms with van der Waals surface area (Å²) in [5.41, 5.74) is 1.38. The van der Waals surface area contributed by atoms with E-state index in [2.05, 4.69) is 18.8 Å². The molecule has 21 heavy (non-hydrogen) atoms. The third kappa shape index (κ3) is 4.19. The summed E-state index contributed by atoms with van der Waals surface area (Å²) in [4.78, 5) is 19.1. The molecule has 1 fully saturated rings. The lowest BCUT2D eigenvalue weighted by Gasteiger charge is -2.30. The van der Waals surface area contributed by atoms with Crippen molar-refractivity contribution in [2.75, 3.05) is 6.54 Å². The molecule has 1 aliphatic carbocycles. The molecule has 1 aromatic rings. The number of hydrogen-bond acceptors (Lipinski definition) is 2. The van der Waals surface area contributed by atoms with Crippen molar-refractivity contribution in [3.8, 4) is 0 Å². The van der Waals surface area contributed by atoms with Crippen molar-refractivity contribution in [1.82, 2.24) is 9.88 Å². The van der Waals surface area contributed by atoms with Gasteiger partial charge < -0.3 is 4.90 Å². The quantitative estimate of drug-likeness (QED) is 0.804. The fourth-order valence-corrected chi connectivity index (χ4v) is 3.19. The van der Waals surface area contributed by atoms with Crippen LogP contribution in [0.3, 0.4) is 0 Å². The van der Waals surface area contributed by atoms with Crippen LogP contribution in [-0.4, -0.2) is 28.4 Å². The Morgan fingerprint density at radius 3 is 2.67 bits per heavy atom. The lowest BCUT2D eigenvalue weighted by Crippen LogP contribution is -2.40. The van der Waals surface area contributed by atoms with E-state index in [4.69, 9.17) is 11.6 Å². The largest absolute Gasteiger partial charge is 0.336 e. The Morgan fingerprint density at radius 2 is 2.10 bits per heavy atom. The third-order valence-corrected chi connectivity index (χ3v) is 4.51. The van der Waals surface area contributed by atoms with Gasteiger partial charge in [-0.05, 0) is 38.2 Å². The van der Waals surface area contributed by atoms with Gasteiger partial charge in [0.15, 0.2) is 0 Å². The van der Waals surface area contributed by atoms with Gasteiger partial charge in [0.25, 0.3) is 5.91 Å². The molecule has 1 aromatic heterocycles. The highest BCUT2D eigenvalue weighted by atomic mass is 35.5. The predicted octanol–water partition coefficient (Wildman–Crippen LogP) is 4.47. The summed E-state index contributed by atoms with van der Waals surface area (Å²) in [7, 11) is 0. The van der Waals surface area contributed by atoms with E-state index < -0.39 is 0 Å². The maximum absolute atomic E-state index is 12.9. The Balaban J connectivity index is 2.19. The molecule has 3 nitrogen and oxygen atoms in total. The minimum atomic E-state index is 0.0417. The van der Waals surface area contributed by atoms with Gasteiger partial charge in [0.05, 0.1) is 10.6 Å². The summed E-state index contributed by atoms with van der Waals surface area (Å²) in [6, 6.07) is 2.14. The Labute approximate surface area is 132 Å². The Bertz CT molecular complexity index is 496. The zero-order valence-electron chi connectivity index (χ0n) is 13.2. The highest BCUT2D eigenvalue weighted by molar-refractivity contribution is 6.33. The summed E-state index contributed by atoms with van der Waals surface area (Å²) in [6.07, 6.45) is 7.31. The van der Waals surface area contributed by atoms with Gasteiger partial charge in [-0.2, -0.15) is 0 Å². The molecule has 0 saturated heterocycles. The molecule has 0 spiro atoms. The van der Waals surface area contributed by atoms with Gasteiger partial charge in [-0.15, -0.1) is 0 Å². The van der Waals surface area contributed by atoms with Crippen molar-refractivity contribution in [2.24, 2.45) is 5.92 Å². The molecule has 1 aliphatic rings. The monoisotopic (exact) mass is 308 g/mol. The normalized spacial score (nSPS) is 15.7. The highest BCUT2D eigenvalue weighted by Gasteiger charge is 2.28. The molecule has 1 heterocycles. The fourth-order valence-electron chi connectivity index (χ4n) is 2.90. The van der Waals surface area contributed by atoms with Crippen molar-refractivity contribution < 1.29 is 4.79 Å². The second-order valence-corrected chi connectivity index (χ2v) is 6.83. The average molecular weight is 309 g/mol. The summed E-state index contributed by atoms with van der Waals surface area (Å²) >= 11 is 6.25. The minimum Gasteiger partial charge on any atom is -0.336 e. The van der Waals surface area contributed by atoms with Gasteiger partial charge in [0, 0.05) is 24.5 Å². The Kier molecular flexibility index (Phi) is 5.63. The number of rotatable bonds is 5. The summed E-state index contributed by atoms with van der Waals surface area (Å²) < 4.78 is 0. The molecular formula is C17H25ClN2O. The molecule has 1 saturated carbocycles. The second kappa shape index (κ2) is 7.26. The molecule has 0 aliphatic heterocycles. The van der Waals surface area contributed by atoms with Crippen LogP contribution in [0.5, 0.6) is 0 Å². The number of aromatic nitrogens is 1. The molecule has 0 bridgehead atoms. The number of hydrogen-bond donors (Lipinski definition) is 0. The van der Waals surface area contributed by atoms with Crippen LogP contribution in [0.15, 0.2) is 12.3 Å². The van der Waals surface area contributed by atoms with E-state index in [1.54, 1.807) is 12.3 Å². The van der Waals surface area contributed by atoms with Crippen LogP contribution in [0.25, 0.3) is 0 Å². The van der Waals surface area contributed by atoms with Crippen molar-refractivity contribution in [3.63, 3.8) is 0 Å². The SMILES string of the molecule is Cc1cc(Cl)c(C(=O)N(CCC(C)C)C2CCCC2)cn1. The molecule has 1 amide bonds. The summed E-state index contributed by atoms with van der Waals surface area (Å²) in [6.45, 7) is 7.08. The predicted molar refractivity (Wildman–Crippen MR) is 86.7 cm³/mol. The van der Waals surface area contributed by atoms with E-state index in [-0.39, 0.29) is 5.91 Å². The lowest BCUT2D eigenvalue weighted by atomic mass is 10.1. The average Bonchev–Trinajstić information content (AvgIpc) is 2.92. The first kappa shape index (κ1) is 16.3. The maximum Gasteiger partial charge on any atom is 0.257 e. The lowest BCUT2D eigenvalue weighted by molar-refractivity contribution is 0.0671. The first-order valence-electron chi connectivity index (χ1n) is 7.92. The van der Waals surface area contributed by atoms with Crippen LogP contribution in [-0.2, 0) is 0 Å². The number of aryl methyl sites for hydroxylation is 1. The van der Waals surface area contributed by atoms with Crippen molar-refractivity contribution >= 4 is 17.5 Å². The van der Waals surface area contributed by atoms with Gasteiger partial charge in [0.1, 0.15) is 0 Å². The van der Waals surface area contributed by atoms with Crippen LogP contribution < -0.4 is 0 Å². The molecule has 0 atom stereocenters. The van der Waals surface area contributed by atoms with Crippen molar-refractivity contribution in [3.05, 3.63) is 28.5 Å². The molecule has 2 rings (SSSR count). The van der Waals surface area contributed by atoms with Gasteiger partial charge in [-0.25, -0.2) is 0 Å². The molecule has 4 heteroatoms. The number of carbonyl (C=O) groups excluding carboxylic acids is 1. The maximum atomic E-state index is 12.9. The molecule has 0 aromatic carbocycles. The fraction of sp³-hybridized carbons (Fsp3) is 0.647. The Hall–Kier alpha value is -1.09. The van der Waals surface area contributed by atoms with Crippen molar-refractivity contribution in [1.29, 1.82) is 0 Å². The number of pyridine rings is 1. The van der Waals surface area contributed by atoms with E-state index >= 15 is 0 Å². The van der Waals surface area contributed by atoms with Crippen LogP contribution >= 0.6 is 11.6 Å². The van der Waals surface area contributed by atoms with Gasteiger partial charge in [-0.1, -0.05) is 38.3 Å². The van der Waals surface area contributed by atoms with E-state index in [9.17, 15) is 4.79 Å². The van der Waals surface area contributed by atoms with E-state index in [0.29, 0.717) is 22.5 Å². The molecule has 0 radical (unpaired) electrons. The zero-order valence-corrected chi connectivity index (χ0v) is 14.0. The number of carbonyl (C=O) groups is 1. The van der Waals surface area contributed by atoms with Crippen LogP contribution in [0, 0.1) is 12.8 Å². The molecular weight excluding hydrogens is 284 g/mol.